The van der Waals surface area contributed by atoms with Gasteiger partial charge in [0, 0.05) is 10.9 Å². The van der Waals surface area contributed by atoms with Crippen molar-refractivity contribution in [2.24, 2.45) is 5.92 Å². The first-order valence-electron chi connectivity index (χ1n) is 5.84. The van der Waals surface area contributed by atoms with E-state index >= 15 is 0 Å². The maximum absolute atomic E-state index is 11.7. The van der Waals surface area contributed by atoms with Gasteiger partial charge in [-0.2, -0.15) is 0 Å². The van der Waals surface area contributed by atoms with Crippen LogP contribution in [0.3, 0.4) is 0 Å². The minimum absolute atomic E-state index is 0.0452. The highest BCUT2D eigenvalue weighted by molar-refractivity contribution is 6.31. The van der Waals surface area contributed by atoms with E-state index in [2.05, 4.69) is 5.32 Å². The first-order valence-corrected chi connectivity index (χ1v) is 6.22. The van der Waals surface area contributed by atoms with Crippen LogP contribution in [-0.2, 0) is 9.59 Å². The summed E-state index contributed by atoms with van der Waals surface area (Å²) >= 11 is 6.04. The van der Waals surface area contributed by atoms with Crippen LogP contribution in [0.4, 0.5) is 0 Å². The van der Waals surface area contributed by atoms with Gasteiger partial charge in [0.1, 0.15) is 0 Å². The predicted molar refractivity (Wildman–Crippen MR) is 67.3 cm³/mol. The van der Waals surface area contributed by atoms with Crippen LogP contribution in [0.15, 0.2) is 24.3 Å². The fraction of sp³-hybridized carbons (Fsp3) is 0.385. The number of carbonyl (C=O) groups excluding carboxylic acids is 1. The third-order valence-electron chi connectivity index (χ3n) is 2.92. The summed E-state index contributed by atoms with van der Waals surface area (Å²) in [6.07, 6.45) is 1.60. The fourth-order valence-electron chi connectivity index (χ4n) is 1.81. The highest BCUT2D eigenvalue weighted by Gasteiger charge is 2.32. The van der Waals surface area contributed by atoms with E-state index in [1.54, 1.807) is 24.3 Å². The van der Waals surface area contributed by atoms with Crippen LogP contribution in [-0.4, -0.2) is 17.0 Å². The van der Waals surface area contributed by atoms with Crippen molar-refractivity contribution < 1.29 is 14.7 Å². The molecular formula is C13H14ClNO3. The van der Waals surface area contributed by atoms with Gasteiger partial charge < -0.3 is 10.4 Å². The highest BCUT2D eigenvalue weighted by Crippen LogP contribution is 2.31. The topological polar surface area (TPSA) is 66.4 Å². The second kappa shape index (κ2) is 5.40. The molecule has 1 aromatic carbocycles. The van der Waals surface area contributed by atoms with Gasteiger partial charge in [-0.3, -0.25) is 9.59 Å². The van der Waals surface area contributed by atoms with Crippen molar-refractivity contribution in [2.45, 2.75) is 25.3 Å². The Labute approximate surface area is 110 Å². The van der Waals surface area contributed by atoms with E-state index in [1.807, 2.05) is 0 Å². The predicted octanol–water partition coefficient (Wildman–Crippen LogP) is 2.38. The van der Waals surface area contributed by atoms with E-state index in [0.29, 0.717) is 10.6 Å². The number of benzene rings is 1. The second-order valence-electron chi connectivity index (χ2n) is 4.45. The van der Waals surface area contributed by atoms with Crippen LogP contribution in [0.2, 0.25) is 5.02 Å². The lowest BCUT2D eigenvalue weighted by molar-refractivity contribution is -0.137. The molecule has 4 nitrogen and oxygen atoms in total. The van der Waals surface area contributed by atoms with E-state index in [4.69, 9.17) is 16.7 Å². The number of carboxylic acid groups (broad SMARTS) is 1. The molecule has 0 saturated heterocycles. The molecule has 0 aliphatic heterocycles. The Hall–Kier alpha value is -1.55. The van der Waals surface area contributed by atoms with Gasteiger partial charge in [-0.25, -0.2) is 0 Å². The van der Waals surface area contributed by atoms with Crippen molar-refractivity contribution in [3.8, 4) is 0 Å². The molecule has 0 unspecified atom stereocenters. The maximum Gasteiger partial charge on any atom is 0.305 e. The summed E-state index contributed by atoms with van der Waals surface area (Å²) in [6, 6.07) is 6.41. The van der Waals surface area contributed by atoms with Crippen LogP contribution in [0.1, 0.15) is 30.9 Å². The zero-order valence-electron chi connectivity index (χ0n) is 9.73. The van der Waals surface area contributed by atoms with Crippen molar-refractivity contribution >= 4 is 23.5 Å². The molecule has 2 rings (SSSR count). The normalized spacial score (nSPS) is 16.1. The summed E-state index contributed by atoms with van der Waals surface area (Å²) < 4.78 is 0. The number of nitrogens with one attached hydrogen (secondary N) is 1. The summed E-state index contributed by atoms with van der Waals surface area (Å²) in [5.74, 6) is -0.999. The van der Waals surface area contributed by atoms with E-state index in [-0.39, 0.29) is 18.2 Å². The molecular weight excluding hydrogens is 254 g/mol. The molecule has 18 heavy (non-hydrogen) atoms. The highest BCUT2D eigenvalue weighted by atomic mass is 35.5. The molecule has 96 valence electrons. The van der Waals surface area contributed by atoms with Crippen LogP contribution in [0.25, 0.3) is 0 Å². The maximum atomic E-state index is 11.7. The van der Waals surface area contributed by atoms with Crippen molar-refractivity contribution in [1.82, 2.24) is 5.32 Å². The molecule has 2 N–H and O–H groups in total. The number of aliphatic carboxylic acids is 1. The SMILES string of the molecule is O=C(O)C[C@@H](NC(=O)C1CC1)c1ccccc1Cl. The largest absolute Gasteiger partial charge is 0.481 e. The van der Waals surface area contributed by atoms with Gasteiger partial charge in [-0.15, -0.1) is 0 Å². The van der Waals surface area contributed by atoms with Gasteiger partial charge in [0.15, 0.2) is 0 Å². The van der Waals surface area contributed by atoms with Gasteiger partial charge in [-0.05, 0) is 24.5 Å². The molecule has 0 radical (unpaired) electrons. The smallest absolute Gasteiger partial charge is 0.305 e. The van der Waals surface area contributed by atoms with Crippen LogP contribution in [0, 0.1) is 5.92 Å². The van der Waals surface area contributed by atoms with E-state index in [1.165, 1.54) is 0 Å². The first-order chi connectivity index (χ1) is 8.58. The molecule has 1 aromatic rings. The Balaban J connectivity index is 2.15. The lowest BCUT2D eigenvalue weighted by Crippen LogP contribution is -2.31. The molecule has 0 aromatic heterocycles. The van der Waals surface area contributed by atoms with Gasteiger partial charge in [0.25, 0.3) is 0 Å². The third kappa shape index (κ3) is 3.23. The molecule has 0 heterocycles. The average Bonchev–Trinajstić information content (AvgIpc) is 3.11. The average molecular weight is 268 g/mol. The lowest BCUT2D eigenvalue weighted by atomic mass is 10.0. The van der Waals surface area contributed by atoms with Gasteiger partial charge in [-0.1, -0.05) is 29.8 Å². The molecule has 1 atom stereocenters. The van der Waals surface area contributed by atoms with Gasteiger partial charge in [0.05, 0.1) is 12.5 Å². The third-order valence-corrected chi connectivity index (χ3v) is 3.27. The fourth-order valence-corrected chi connectivity index (χ4v) is 2.07. The van der Waals surface area contributed by atoms with E-state index in [0.717, 1.165) is 12.8 Å². The summed E-state index contributed by atoms with van der Waals surface area (Å²) in [5.41, 5.74) is 0.649. The second-order valence-corrected chi connectivity index (χ2v) is 4.86. The zero-order chi connectivity index (χ0) is 13.1. The van der Waals surface area contributed by atoms with Gasteiger partial charge in [0.2, 0.25) is 5.91 Å². The van der Waals surface area contributed by atoms with E-state index < -0.39 is 12.0 Å². The number of carbonyl (C=O) groups is 2. The summed E-state index contributed by atoms with van der Waals surface area (Å²) in [6.45, 7) is 0. The minimum atomic E-state index is -0.962. The van der Waals surface area contributed by atoms with Crippen molar-refractivity contribution in [3.63, 3.8) is 0 Å². The Morgan fingerprint density at radius 2 is 2.06 bits per heavy atom. The minimum Gasteiger partial charge on any atom is -0.481 e. The summed E-state index contributed by atoms with van der Waals surface area (Å²) in [4.78, 5) is 22.6. The Kier molecular flexibility index (Phi) is 3.87. The Morgan fingerprint density at radius 3 is 2.61 bits per heavy atom. The molecule has 0 bridgehead atoms. The van der Waals surface area contributed by atoms with Crippen molar-refractivity contribution in [2.75, 3.05) is 0 Å². The Morgan fingerprint density at radius 1 is 1.39 bits per heavy atom. The quantitative estimate of drug-likeness (QED) is 0.861. The number of hydrogen-bond acceptors (Lipinski definition) is 2. The number of halogens is 1. The molecule has 1 aliphatic rings. The number of rotatable bonds is 5. The molecule has 0 spiro atoms. The summed E-state index contributed by atoms with van der Waals surface area (Å²) in [5, 5.41) is 12.1. The van der Waals surface area contributed by atoms with Gasteiger partial charge >= 0.3 is 5.97 Å². The summed E-state index contributed by atoms with van der Waals surface area (Å²) in [7, 11) is 0. The van der Waals surface area contributed by atoms with Crippen LogP contribution < -0.4 is 5.32 Å². The monoisotopic (exact) mass is 267 g/mol. The molecule has 1 aliphatic carbocycles. The molecule has 1 saturated carbocycles. The van der Waals surface area contributed by atoms with Crippen LogP contribution in [0.5, 0.6) is 0 Å². The standard InChI is InChI=1S/C13H14ClNO3/c14-10-4-2-1-3-9(10)11(7-12(16)17)15-13(18)8-5-6-8/h1-4,8,11H,5-7H2,(H,15,18)(H,16,17)/t11-/m1/s1. The number of hydrogen-bond donors (Lipinski definition) is 2. The molecule has 5 heteroatoms. The van der Waals surface area contributed by atoms with Crippen molar-refractivity contribution in [3.05, 3.63) is 34.9 Å². The number of carboxylic acids is 1. The zero-order valence-corrected chi connectivity index (χ0v) is 10.5. The Bertz CT molecular complexity index is 471. The number of amides is 1. The molecule has 1 fully saturated rings. The first kappa shape index (κ1) is 12.9. The lowest BCUT2D eigenvalue weighted by Gasteiger charge is -2.18. The molecule has 1 amide bonds. The van der Waals surface area contributed by atoms with E-state index in [9.17, 15) is 9.59 Å². The van der Waals surface area contributed by atoms with Crippen molar-refractivity contribution in [1.29, 1.82) is 0 Å². The van der Waals surface area contributed by atoms with Crippen LogP contribution >= 0.6 is 11.6 Å².